The molecule has 1 fully saturated rings. The van der Waals surface area contributed by atoms with Crippen LogP contribution in [0, 0.1) is 12.3 Å². The number of methoxy groups -OCH3 is 1. The number of aryl methyl sites for hydroxylation is 1. The predicted octanol–water partition coefficient (Wildman–Crippen LogP) is 3.42. The van der Waals surface area contributed by atoms with Crippen molar-refractivity contribution < 1.29 is 14.3 Å². The molecule has 1 aliphatic rings. The third kappa shape index (κ3) is 6.05. The van der Waals surface area contributed by atoms with E-state index in [1.54, 1.807) is 31.4 Å². The normalized spacial score (nSPS) is 15.0. The summed E-state index contributed by atoms with van der Waals surface area (Å²) in [5, 5.41) is 9.28. The average Bonchev–Trinajstić information content (AvgIpc) is 2.73. The second-order valence-corrected chi connectivity index (χ2v) is 7.73. The lowest BCUT2D eigenvalue weighted by molar-refractivity contribution is 0.0512. The highest BCUT2D eigenvalue weighted by Gasteiger charge is 2.32. The first kappa shape index (κ1) is 23.9. The number of piperidine rings is 1. The molecule has 1 saturated heterocycles. The van der Waals surface area contributed by atoms with E-state index in [4.69, 9.17) is 4.74 Å². The van der Waals surface area contributed by atoms with Gasteiger partial charge in [0.15, 0.2) is 0 Å². The van der Waals surface area contributed by atoms with Crippen molar-refractivity contribution in [3.63, 3.8) is 0 Å². The molecule has 0 radical (unpaired) electrons. The Morgan fingerprint density at radius 2 is 1.80 bits per heavy atom. The average molecular weight is 432 g/mol. The summed E-state index contributed by atoms with van der Waals surface area (Å²) in [6, 6.07) is 14.4. The number of carbonyl (C=O) groups excluding carboxylic acids is 2. The number of benzene rings is 2. The molecule has 0 unspecified atom stereocenters. The van der Waals surface area contributed by atoms with Crippen molar-refractivity contribution in [1.82, 2.24) is 10.6 Å². The molecular formula is C23H30ClN3O3. The van der Waals surface area contributed by atoms with Crippen molar-refractivity contribution in [3.8, 4) is 0 Å². The Balaban J connectivity index is 0.00000320. The smallest absolute Gasteiger partial charge is 0.255 e. The zero-order chi connectivity index (χ0) is 20.7. The molecule has 1 heterocycles. The highest BCUT2D eigenvalue weighted by atomic mass is 35.5. The zero-order valence-corrected chi connectivity index (χ0v) is 18.3. The van der Waals surface area contributed by atoms with E-state index in [1.807, 2.05) is 31.2 Å². The first-order chi connectivity index (χ1) is 14.0. The predicted molar refractivity (Wildman–Crippen MR) is 122 cm³/mol. The van der Waals surface area contributed by atoms with Gasteiger partial charge in [-0.2, -0.15) is 0 Å². The number of hydrogen-bond donors (Lipinski definition) is 3. The molecule has 0 bridgehead atoms. The Bertz CT molecular complexity index is 861. The Morgan fingerprint density at radius 3 is 2.50 bits per heavy atom. The van der Waals surface area contributed by atoms with Gasteiger partial charge in [-0.25, -0.2) is 0 Å². The maximum absolute atomic E-state index is 12.9. The first-order valence-corrected chi connectivity index (χ1v) is 9.98. The monoisotopic (exact) mass is 431 g/mol. The van der Waals surface area contributed by atoms with E-state index in [-0.39, 0.29) is 29.6 Å². The van der Waals surface area contributed by atoms with Crippen LogP contribution in [0.25, 0.3) is 0 Å². The van der Waals surface area contributed by atoms with Crippen LogP contribution in [0.5, 0.6) is 0 Å². The molecule has 30 heavy (non-hydrogen) atoms. The summed E-state index contributed by atoms with van der Waals surface area (Å²) < 4.78 is 5.42. The Hall–Kier alpha value is -2.41. The van der Waals surface area contributed by atoms with Crippen LogP contribution in [-0.4, -0.2) is 45.2 Å². The van der Waals surface area contributed by atoms with Crippen molar-refractivity contribution in [3.05, 3.63) is 65.2 Å². The minimum absolute atomic E-state index is 0. The molecule has 0 aliphatic carbocycles. The summed E-state index contributed by atoms with van der Waals surface area (Å²) >= 11 is 0. The fourth-order valence-electron chi connectivity index (χ4n) is 3.77. The second kappa shape index (κ2) is 11.1. The van der Waals surface area contributed by atoms with Gasteiger partial charge in [0.25, 0.3) is 11.8 Å². The van der Waals surface area contributed by atoms with Crippen LogP contribution in [0.1, 0.15) is 39.1 Å². The molecule has 2 aromatic carbocycles. The summed E-state index contributed by atoms with van der Waals surface area (Å²) in [4.78, 5) is 25.5. The molecule has 0 spiro atoms. The fraction of sp³-hybridized carbons (Fsp3) is 0.391. The second-order valence-electron chi connectivity index (χ2n) is 7.73. The number of nitrogens with one attached hydrogen (secondary N) is 3. The SMILES string of the molecule is COCC1(CNC(=O)c2ccccc2NC(=O)c2cccc(C)c2)CCNCC1.Cl. The molecule has 3 N–H and O–H groups in total. The Kier molecular flexibility index (Phi) is 8.84. The molecular weight excluding hydrogens is 402 g/mol. The molecule has 2 amide bonds. The molecule has 162 valence electrons. The number of rotatable bonds is 7. The van der Waals surface area contributed by atoms with E-state index in [9.17, 15) is 9.59 Å². The van der Waals surface area contributed by atoms with Crippen molar-refractivity contribution in [1.29, 1.82) is 0 Å². The van der Waals surface area contributed by atoms with Gasteiger partial charge in [-0.15, -0.1) is 12.4 Å². The number of anilines is 1. The summed E-state index contributed by atoms with van der Waals surface area (Å²) in [7, 11) is 1.70. The van der Waals surface area contributed by atoms with E-state index in [1.165, 1.54) is 0 Å². The zero-order valence-electron chi connectivity index (χ0n) is 17.5. The molecule has 0 saturated carbocycles. The van der Waals surface area contributed by atoms with Gasteiger partial charge < -0.3 is 20.7 Å². The molecule has 1 aliphatic heterocycles. The summed E-state index contributed by atoms with van der Waals surface area (Å²) in [5.41, 5.74) is 2.47. The third-order valence-electron chi connectivity index (χ3n) is 5.44. The lowest BCUT2D eigenvalue weighted by atomic mass is 9.79. The maximum atomic E-state index is 12.9. The number of amides is 2. The van der Waals surface area contributed by atoms with Crippen molar-refractivity contribution in [2.24, 2.45) is 5.41 Å². The molecule has 7 heteroatoms. The summed E-state index contributed by atoms with van der Waals surface area (Å²) in [5.74, 6) is -0.428. The quantitative estimate of drug-likeness (QED) is 0.627. The van der Waals surface area contributed by atoms with E-state index in [2.05, 4.69) is 16.0 Å². The highest BCUT2D eigenvalue weighted by Crippen LogP contribution is 2.28. The number of carbonyl (C=O) groups is 2. The van der Waals surface area contributed by atoms with Crippen LogP contribution in [0.2, 0.25) is 0 Å². The van der Waals surface area contributed by atoms with Crippen molar-refractivity contribution in [2.45, 2.75) is 19.8 Å². The van der Waals surface area contributed by atoms with Crippen LogP contribution in [0.4, 0.5) is 5.69 Å². The summed E-state index contributed by atoms with van der Waals surface area (Å²) in [6.45, 7) is 4.93. The van der Waals surface area contributed by atoms with E-state index in [0.29, 0.717) is 30.0 Å². The largest absolute Gasteiger partial charge is 0.384 e. The fourth-order valence-corrected chi connectivity index (χ4v) is 3.77. The molecule has 6 nitrogen and oxygen atoms in total. The van der Waals surface area contributed by atoms with Crippen LogP contribution in [0.15, 0.2) is 48.5 Å². The van der Waals surface area contributed by atoms with Crippen LogP contribution >= 0.6 is 12.4 Å². The van der Waals surface area contributed by atoms with Crippen LogP contribution in [-0.2, 0) is 4.74 Å². The van der Waals surface area contributed by atoms with Gasteiger partial charge in [-0.1, -0.05) is 29.8 Å². The maximum Gasteiger partial charge on any atom is 0.255 e. The number of hydrogen-bond acceptors (Lipinski definition) is 4. The van der Waals surface area contributed by atoms with Gasteiger partial charge in [0, 0.05) is 24.6 Å². The standard InChI is InChI=1S/C23H29N3O3.ClH/c1-17-6-5-7-18(14-17)21(27)26-20-9-4-3-8-19(20)22(28)25-15-23(16-29-2)10-12-24-13-11-23;/h3-9,14,24H,10-13,15-16H2,1-2H3,(H,25,28)(H,26,27);1H. The molecule has 2 aromatic rings. The Morgan fingerprint density at radius 1 is 1.07 bits per heavy atom. The van der Waals surface area contributed by atoms with E-state index < -0.39 is 0 Å². The van der Waals surface area contributed by atoms with Gasteiger partial charge >= 0.3 is 0 Å². The highest BCUT2D eigenvalue weighted by molar-refractivity contribution is 6.09. The molecule has 3 rings (SSSR count). The van der Waals surface area contributed by atoms with Gasteiger partial charge in [0.2, 0.25) is 0 Å². The van der Waals surface area contributed by atoms with Gasteiger partial charge in [0.1, 0.15) is 0 Å². The Labute approximate surface area is 184 Å². The third-order valence-corrected chi connectivity index (χ3v) is 5.44. The lowest BCUT2D eigenvalue weighted by Crippen LogP contribution is -2.47. The topological polar surface area (TPSA) is 79.5 Å². The van der Waals surface area contributed by atoms with Gasteiger partial charge in [-0.05, 0) is 57.1 Å². The minimum atomic E-state index is -0.233. The molecule has 0 aromatic heterocycles. The summed E-state index contributed by atoms with van der Waals surface area (Å²) in [6.07, 6.45) is 1.90. The lowest BCUT2D eigenvalue weighted by Gasteiger charge is -2.37. The van der Waals surface area contributed by atoms with Crippen LogP contribution in [0.3, 0.4) is 0 Å². The van der Waals surface area contributed by atoms with Crippen molar-refractivity contribution in [2.75, 3.05) is 38.7 Å². The van der Waals surface area contributed by atoms with E-state index in [0.717, 1.165) is 31.5 Å². The van der Waals surface area contributed by atoms with Gasteiger partial charge in [-0.3, -0.25) is 9.59 Å². The van der Waals surface area contributed by atoms with Gasteiger partial charge in [0.05, 0.1) is 17.9 Å². The van der Waals surface area contributed by atoms with Crippen molar-refractivity contribution >= 4 is 29.9 Å². The van der Waals surface area contributed by atoms with E-state index >= 15 is 0 Å². The first-order valence-electron chi connectivity index (χ1n) is 9.98. The number of para-hydroxylation sites is 1. The number of halogens is 1. The van der Waals surface area contributed by atoms with Crippen LogP contribution < -0.4 is 16.0 Å². The number of ether oxygens (including phenoxy) is 1. The molecule has 0 atom stereocenters. The minimum Gasteiger partial charge on any atom is -0.384 e.